The highest BCUT2D eigenvalue weighted by molar-refractivity contribution is 7.91. The number of nitrogens with zero attached hydrogens (tertiary/aromatic N) is 2. The number of nitrogens with one attached hydrogen (secondary N) is 1. The molecule has 0 aliphatic heterocycles. The summed E-state index contributed by atoms with van der Waals surface area (Å²) in [4.78, 5) is 18.9. The molecular weight excluding hydrogens is 399 g/mol. The molecule has 0 radical (unpaired) electrons. The molecular formula is C14H11ClF3N3O4S. The average molecular weight is 410 g/mol. The summed E-state index contributed by atoms with van der Waals surface area (Å²) >= 11 is 5.56. The summed E-state index contributed by atoms with van der Waals surface area (Å²) in [5.74, 6) is -2.43. The molecule has 140 valence electrons. The van der Waals surface area contributed by atoms with Crippen LogP contribution in [0.5, 0.6) is 0 Å². The summed E-state index contributed by atoms with van der Waals surface area (Å²) in [6, 6.07) is 2.74. The van der Waals surface area contributed by atoms with Crippen LogP contribution in [0.2, 0.25) is 5.02 Å². The van der Waals surface area contributed by atoms with Crippen LogP contribution in [0, 0.1) is 0 Å². The van der Waals surface area contributed by atoms with Gasteiger partial charge in [0.15, 0.2) is 11.5 Å². The van der Waals surface area contributed by atoms with E-state index in [1.165, 1.54) is 0 Å². The number of esters is 1. The Kier molecular flexibility index (Phi) is 5.71. The number of carbonyl (C=O) groups is 1. The van der Waals surface area contributed by atoms with E-state index in [0.29, 0.717) is 6.07 Å². The molecule has 0 aliphatic carbocycles. The third-order valence-electron chi connectivity index (χ3n) is 3.05. The Morgan fingerprint density at radius 1 is 1.27 bits per heavy atom. The van der Waals surface area contributed by atoms with Gasteiger partial charge in [0.25, 0.3) is 0 Å². The van der Waals surface area contributed by atoms with Crippen molar-refractivity contribution < 1.29 is 31.1 Å². The molecule has 0 aliphatic rings. The summed E-state index contributed by atoms with van der Waals surface area (Å²) in [6.45, 7) is 0. The zero-order chi connectivity index (χ0) is 19.5. The number of anilines is 1. The maximum Gasteiger partial charge on any atom is 0.416 e. The van der Waals surface area contributed by atoms with Crippen LogP contribution in [0.4, 0.5) is 19.0 Å². The van der Waals surface area contributed by atoms with Crippen LogP contribution in [-0.4, -0.2) is 31.5 Å². The molecule has 2 rings (SSSR count). The zero-order valence-corrected chi connectivity index (χ0v) is 14.6. The van der Waals surface area contributed by atoms with E-state index in [2.05, 4.69) is 14.7 Å². The molecule has 0 unspecified atom stereocenters. The molecule has 2 aromatic rings. The van der Waals surface area contributed by atoms with Gasteiger partial charge in [-0.2, -0.15) is 13.2 Å². The number of hydrogen-bond acceptors (Lipinski definition) is 6. The second-order valence-electron chi connectivity index (χ2n) is 4.91. The second-order valence-corrected chi connectivity index (χ2v) is 7.06. The first-order chi connectivity index (χ1) is 12.0. The normalized spacial score (nSPS) is 11.9. The molecule has 1 aromatic heterocycles. The lowest BCUT2D eigenvalue weighted by molar-refractivity contribution is -0.138. The van der Waals surface area contributed by atoms with Gasteiger partial charge in [0.05, 0.1) is 18.4 Å². The Morgan fingerprint density at radius 2 is 1.92 bits per heavy atom. The highest BCUT2D eigenvalue weighted by Gasteiger charge is 2.35. The average Bonchev–Trinajstić information content (AvgIpc) is 2.54. The first-order valence-corrected chi connectivity index (χ1v) is 8.82. The Labute approximate surface area is 151 Å². The van der Waals surface area contributed by atoms with Crippen LogP contribution in [0.15, 0.2) is 30.6 Å². The van der Waals surface area contributed by atoms with Crippen LogP contribution < -0.4 is 4.72 Å². The molecule has 0 atom stereocenters. The van der Waals surface area contributed by atoms with E-state index in [0.717, 1.165) is 31.6 Å². The van der Waals surface area contributed by atoms with E-state index in [9.17, 15) is 26.4 Å². The van der Waals surface area contributed by atoms with Crippen molar-refractivity contribution in [3.8, 4) is 0 Å². The van der Waals surface area contributed by atoms with Crippen LogP contribution >= 0.6 is 11.6 Å². The number of carbonyl (C=O) groups excluding carboxylic acids is 1. The van der Waals surface area contributed by atoms with Crippen LogP contribution in [-0.2, 0) is 26.7 Å². The molecule has 1 heterocycles. The fraction of sp³-hybridized carbons (Fsp3) is 0.214. The summed E-state index contributed by atoms with van der Waals surface area (Å²) < 4.78 is 70.2. The fourth-order valence-corrected chi connectivity index (χ4v) is 3.33. The van der Waals surface area contributed by atoms with Crippen molar-refractivity contribution >= 4 is 33.4 Å². The molecule has 0 bridgehead atoms. The number of hydrogen-bond donors (Lipinski definition) is 1. The van der Waals surface area contributed by atoms with Gasteiger partial charge in [-0.25, -0.2) is 23.2 Å². The van der Waals surface area contributed by atoms with Crippen molar-refractivity contribution in [3.05, 3.63) is 52.4 Å². The molecule has 26 heavy (non-hydrogen) atoms. The first kappa shape index (κ1) is 19.9. The number of benzene rings is 1. The fourth-order valence-electron chi connectivity index (χ4n) is 1.99. The van der Waals surface area contributed by atoms with E-state index in [1.54, 1.807) is 0 Å². The monoisotopic (exact) mass is 409 g/mol. The van der Waals surface area contributed by atoms with Gasteiger partial charge in [0.1, 0.15) is 0 Å². The van der Waals surface area contributed by atoms with E-state index in [4.69, 9.17) is 11.6 Å². The number of rotatable bonds is 5. The van der Waals surface area contributed by atoms with E-state index < -0.39 is 50.6 Å². The topological polar surface area (TPSA) is 98.2 Å². The number of methoxy groups -OCH3 is 1. The Balaban J connectivity index is 2.36. The highest BCUT2D eigenvalue weighted by atomic mass is 35.5. The van der Waals surface area contributed by atoms with Gasteiger partial charge < -0.3 is 4.74 Å². The molecule has 0 spiro atoms. The summed E-state index contributed by atoms with van der Waals surface area (Å²) in [7, 11) is -3.30. The number of halogens is 4. The van der Waals surface area contributed by atoms with Crippen LogP contribution in [0.25, 0.3) is 0 Å². The molecule has 0 saturated carbocycles. The zero-order valence-electron chi connectivity index (χ0n) is 13.0. The van der Waals surface area contributed by atoms with Gasteiger partial charge in [-0.15, -0.1) is 0 Å². The maximum absolute atomic E-state index is 13.1. The maximum atomic E-state index is 13.1. The minimum atomic E-state index is -4.79. The van der Waals surface area contributed by atoms with Crippen LogP contribution in [0.1, 0.15) is 21.6 Å². The van der Waals surface area contributed by atoms with E-state index in [1.807, 2.05) is 4.72 Å². The molecule has 0 fully saturated rings. The Hall–Kier alpha value is -2.40. The van der Waals surface area contributed by atoms with Gasteiger partial charge in [-0.1, -0.05) is 17.7 Å². The Morgan fingerprint density at radius 3 is 2.54 bits per heavy atom. The summed E-state index contributed by atoms with van der Waals surface area (Å²) in [5.41, 5.74) is -2.12. The van der Waals surface area contributed by atoms with Crippen molar-refractivity contribution in [1.29, 1.82) is 0 Å². The number of alkyl halides is 3. The Bertz CT molecular complexity index is 935. The van der Waals surface area contributed by atoms with Crippen LogP contribution in [0.3, 0.4) is 0 Å². The number of ether oxygens (including phenoxy) is 1. The molecule has 1 aromatic carbocycles. The lowest BCUT2D eigenvalue weighted by Crippen LogP contribution is -2.21. The second kappa shape index (κ2) is 7.46. The molecule has 7 nitrogen and oxygen atoms in total. The minimum absolute atomic E-state index is 0.187. The van der Waals surface area contributed by atoms with Gasteiger partial charge >= 0.3 is 12.1 Å². The molecule has 0 saturated heterocycles. The van der Waals surface area contributed by atoms with E-state index >= 15 is 0 Å². The van der Waals surface area contributed by atoms with Crippen molar-refractivity contribution in [2.45, 2.75) is 11.9 Å². The summed E-state index contributed by atoms with van der Waals surface area (Å²) in [5, 5.41) is -0.187. The third kappa shape index (κ3) is 4.82. The van der Waals surface area contributed by atoms with Gasteiger partial charge in [-0.3, -0.25) is 4.72 Å². The smallest absolute Gasteiger partial charge is 0.416 e. The number of sulfonamides is 1. The predicted molar refractivity (Wildman–Crippen MR) is 86.1 cm³/mol. The quantitative estimate of drug-likeness (QED) is 0.762. The van der Waals surface area contributed by atoms with Crippen molar-refractivity contribution in [2.75, 3.05) is 11.8 Å². The SMILES string of the molecule is COC(=O)c1nccnc1NS(=O)(=O)Cc1ccc(Cl)cc1C(F)(F)F. The van der Waals surface area contributed by atoms with Gasteiger partial charge in [-0.05, 0) is 17.7 Å². The van der Waals surface area contributed by atoms with Gasteiger partial charge in [0, 0.05) is 17.4 Å². The molecule has 1 N–H and O–H groups in total. The summed E-state index contributed by atoms with van der Waals surface area (Å²) in [6.07, 6.45) is -2.56. The van der Waals surface area contributed by atoms with Crippen molar-refractivity contribution in [2.24, 2.45) is 0 Å². The highest BCUT2D eigenvalue weighted by Crippen LogP contribution is 2.34. The van der Waals surface area contributed by atoms with Crippen molar-refractivity contribution in [1.82, 2.24) is 9.97 Å². The van der Waals surface area contributed by atoms with E-state index in [-0.39, 0.29) is 5.02 Å². The molecule has 0 amide bonds. The lowest BCUT2D eigenvalue weighted by atomic mass is 10.1. The minimum Gasteiger partial charge on any atom is -0.464 e. The third-order valence-corrected chi connectivity index (χ3v) is 4.48. The standard InChI is InChI=1S/C14H11ClF3N3O4S/c1-25-13(22)11-12(20-5-4-19-11)21-26(23,24)7-8-2-3-9(15)6-10(8)14(16,17)18/h2-6H,7H2,1H3,(H,20,21). The number of aromatic nitrogens is 2. The first-order valence-electron chi connectivity index (χ1n) is 6.79. The molecule has 12 heteroatoms. The largest absolute Gasteiger partial charge is 0.464 e. The lowest BCUT2D eigenvalue weighted by Gasteiger charge is -2.14. The van der Waals surface area contributed by atoms with Gasteiger partial charge in [0.2, 0.25) is 10.0 Å². The van der Waals surface area contributed by atoms with Crippen molar-refractivity contribution in [3.63, 3.8) is 0 Å². The predicted octanol–water partition coefficient (Wildman–Crippen LogP) is 2.88.